The second kappa shape index (κ2) is 7.31. The van der Waals surface area contributed by atoms with E-state index in [1.54, 1.807) is 18.2 Å². The van der Waals surface area contributed by atoms with Crippen LogP contribution in [0.2, 0.25) is 0 Å². The van der Waals surface area contributed by atoms with Crippen LogP contribution in [-0.4, -0.2) is 35.5 Å². The van der Waals surface area contributed by atoms with Gasteiger partial charge < -0.3 is 9.47 Å². The smallest absolute Gasteiger partial charge is 0.345 e. The summed E-state index contributed by atoms with van der Waals surface area (Å²) >= 11 is 0.703. The third kappa shape index (κ3) is 4.23. The Hall–Kier alpha value is -3.01. The molecule has 2 rings (SSSR count). The van der Waals surface area contributed by atoms with Crippen molar-refractivity contribution >= 4 is 33.3 Å². The molecular formula is C13H11N3O6S. The topological polar surface area (TPSA) is 121 Å². The first-order chi connectivity index (χ1) is 11.0. The van der Waals surface area contributed by atoms with Crippen LogP contribution in [0.15, 0.2) is 30.5 Å². The highest BCUT2D eigenvalue weighted by Crippen LogP contribution is 2.24. The van der Waals surface area contributed by atoms with Crippen molar-refractivity contribution in [1.82, 2.24) is 4.98 Å². The first kappa shape index (κ1) is 16.4. The lowest BCUT2D eigenvalue weighted by Gasteiger charge is -2.08. The van der Waals surface area contributed by atoms with E-state index >= 15 is 0 Å². The fraction of sp³-hybridized carbons (Fsp3) is 0.154. The number of hydrogen-bond donors (Lipinski definition) is 1. The minimum Gasteiger partial charge on any atom is -0.496 e. The van der Waals surface area contributed by atoms with E-state index in [0.29, 0.717) is 17.1 Å². The van der Waals surface area contributed by atoms with E-state index in [0.717, 1.165) is 6.20 Å². The first-order valence-electron chi connectivity index (χ1n) is 6.21. The summed E-state index contributed by atoms with van der Waals surface area (Å²) in [5, 5.41) is 12.7. The lowest BCUT2D eigenvalue weighted by atomic mass is 10.2. The van der Waals surface area contributed by atoms with E-state index < -0.39 is 23.4 Å². The average molecular weight is 337 g/mol. The molecule has 120 valence electrons. The minimum absolute atomic E-state index is 0.0510. The maximum absolute atomic E-state index is 11.9. The van der Waals surface area contributed by atoms with Gasteiger partial charge >= 0.3 is 11.0 Å². The number of carbonyl (C=O) groups excluding carboxylic acids is 2. The zero-order valence-electron chi connectivity index (χ0n) is 11.8. The number of esters is 1. The predicted octanol–water partition coefficient (Wildman–Crippen LogP) is 1.86. The zero-order chi connectivity index (χ0) is 16.8. The number of ether oxygens (including phenoxy) is 2. The van der Waals surface area contributed by atoms with E-state index in [-0.39, 0.29) is 15.7 Å². The van der Waals surface area contributed by atoms with Gasteiger partial charge in [-0.15, -0.1) is 0 Å². The van der Waals surface area contributed by atoms with E-state index in [4.69, 9.17) is 9.47 Å². The number of nitro groups is 1. The van der Waals surface area contributed by atoms with Crippen molar-refractivity contribution in [3.8, 4) is 5.75 Å². The number of aromatic nitrogens is 1. The summed E-state index contributed by atoms with van der Waals surface area (Å²) < 4.78 is 9.89. The number of para-hydroxylation sites is 1. The van der Waals surface area contributed by atoms with Gasteiger partial charge in [-0.1, -0.05) is 12.1 Å². The second-order valence-corrected chi connectivity index (χ2v) is 5.09. The predicted molar refractivity (Wildman–Crippen MR) is 80.7 cm³/mol. The standard InChI is InChI=1S/C13H11N3O6S/c1-21-9-5-3-2-4-8(9)12(18)22-7-10(17)15-13-14-6-11(23-13)16(19)20/h2-6H,7H2,1H3,(H,14,15,17). The number of rotatable bonds is 6. The summed E-state index contributed by atoms with van der Waals surface area (Å²) in [6, 6.07) is 6.42. The van der Waals surface area contributed by atoms with Crippen molar-refractivity contribution < 1.29 is 24.0 Å². The van der Waals surface area contributed by atoms with Crippen LogP contribution in [0.4, 0.5) is 10.1 Å². The van der Waals surface area contributed by atoms with E-state index in [2.05, 4.69) is 10.3 Å². The highest BCUT2D eigenvalue weighted by atomic mass is 32.1. The zero-order valence-corrected chi connectivity index (χ0v) is 12.7. The summed E-state index contributed by atoms with van der Waals surface area (Å²) in [5.41, 5.74) is 0.188. The number of nitrogens with zero attached hydrogens (tertiary/aromatic N) is 2. The molecule has 1 aromatic carbocycles. The molecule has 0 aliphatic heterocycles. The van der Waals surface area contributed by atoms with Gasteiger partial charge in [-0.2, -0.15) is 0 Å². The monoisotopic (exact) mass is 337 g/mol. The number of nitrogens with one attached hydrogen (secondary N) is 1. The number of hydrogen-bond acceptors (Lipinski definition) is 8. The molecule has 0 saturated heterocycles. The van der Waals surface area contributed by atoms with Crippen molar-refractivity contribution in [1.29, 1.82) is 0 Å². The summed E-state index contributed by atoms with van der Waals surface area (Å²) in [4.78, 5) is 37.1. The molecule has 9 nitrogen and oxygen atoms in total. The van der Waals surface area contributed by atoms with E-state index in [1.165, 1.54) is 13.2 Å². The number of carbonyl (C=O) groups is 2. The van der Waals surface area contributed by atoms with Gasteiger partial charge in [-0.3, -0.25) is 20.2 Å². The molecule has 1 amide bonds. The third-order valence-electron chi connectivity index (χ3n) is 2.58. The molecule has 0 saturated carbocycles. The summed E-state index contributed by atoms with van der Waals surface area (Å²) in [6.45, 7) is -0.551. The van der Waals surface area contributed by atoms with Crippen molar-refractivity contribution in [3.05, 3.63) is 46.1 Å². The van der Waals surface area contributed by atoms with Gasteiger partial charge in [-0.25, -0.2) is 9.78 Å². The van der Waals surface area contributed by atoms with Crippen LogP contribution in [-0.2, 0) is 9.53 Å². The summed E-state index contributed by atoms with van der Waals surface area (Å²) in [7, 11) is 1.41. The Bertz CT molecular complexity index is 745. The SMILES string of the molecule is COc1ccccc1C(=O)OCC(=O)Nc1ncc([N+](=O)[O-])s1. The van der Waals surface area contributed by atoms with Gasteiger partial charge in [0, 0.05) is 0 Å². The fourth-order valence-corrected chi connectivity index (χ4v) is 2.23. The number of anilines is 1. The molecule has 0 radical (unpaired) electrons. The van der Waals surface area contributed by atoms with Crippen LogP contribution in [0.3, 0.4) is 0 Å². The third-order valence-corrected chi connectivity index (χ3v) is 3.45. The molecule has 1 aromatic heterocycles. The average Bonchev–Trinajstić information content (AvgIpc) is 3.01. The first-order valence-corrected chi connectivity index (χ1v) is 7.03. The quantitative estimate of drug-likeness (QED) is 0.485. The molecule has 10 heteroatoms. The van der Waals surface area contributed by atoms with Crippen LogP contribution in [0, 0.1) is 10.1 Å². The van der Waals surface area contributed by atoms with Crippen LogP contribution < -0.4 is 10.1 Å². The summed E-state index contributed by atoms with van der Waals surface area (Å²) in [5.74, 6) is -1.05. The van der Waals surface area contributed by atoms with Crippen molar-refractivity contribution in [3.63, 3.8) is 0 Å². The van der Waals surface area contributed by atoms with Gasteiger partial charge in [0.05, 0.1) is 12.0 Å². The Morgan fingerprint density at radius 2 is 2.13 bits per heavy atom. The van der Waals surface area contributed by atoms with Gasteiger partial charge in [0.25, 0.3) is 5.91 Å². The van der Waals surface area contributed by atoms with Crippen LogP contribution in [0.1, 0.15) is 10.4 Å². The minimum atomic E-state index is -0.720. The van der Waals surface area contributed by atoms with Gasteiger partial charge in [0.15, 0.2) is 11.7 Å². The maximum Gasteiger partial charge on any atom is 0.345 e. The molecule has 0 fully saturated rings. The largest absolute Gasteiger partial charge is 0.496 e. The lowest BCUT2D eigenvalue weighted by molar-refractivity contribution is -0.380. The van der Waals surface area contributed by atoms with E-state index in [1.807, 2.05) is 0 Å². The fourth-order valence-electron chi connectivity index (χ4n) is 1.59. The van der Waals surface area contributed by atoms with Crippen molar-refractivity contribution in [2.75, 3.05) is 19.0 Å². The molecule has 0 aliphatic carbocycles. The maximum atomic E-state index is 11.9. The Kier molecular flexibility index (Phi) is 5.20. The lowest BCUT2D eigenvalue weighted by Crippen LogP contribution is -2.21. The molecule has 0 spiro atoms. The molecule has 0 bridgehead atoms. The second-order valence-electron chi connectivity index (χ2n) is 4.09. The molecule has 0 aliphatic rings. The molecule has 1 heterocycles. The van der Waals surface area contributed by atoms with Crippen LogP contribution in [0.25, 0.3) is 0 Å². The van der Waals surface area contributed by atoms with Gasteiger partial charge in [0.1, 0.15) is 17.5 Å². The van der Waals surface area contributed by atoms with E-state index in [9.17, 15) is 19.7 Å². The number of thiazole rings is 1. The Morgan fingerprint density at radius 3 is 2.78 bits per heavy atom. The molecule has 0 atom stereocenters. The summed E-state index contributed by atoms with van der Waals surface area (Å²) in [6.07, 6.45) is 1.03. The molecule has 23 heavy (non-hydrogen) atoms. The number of methoxy groups -OCH3 is 1. The molecule has 1 N–H and O–H groups in total. The van der Waals surface area contributed by atoms with Crippen molar-refractivity contribution in [2.24, 2.45) is 0 Å². The molecule has 0 unspecified atom stereocenters. The van der Waals surface area contributed by atoms with Gasteiger partial charge in [0.2, 0.25) is 0 Å². The molecule has 2 aromatic rings. The van der Waals surface area contributed by atoms with Gasteiger partial charge in [-0.05, 0) is 23.5 Å². The Balaban J connectivity index is 1.90. The number of benzene rings is 1. The highest BCUT2D eigenvalue weighted by Gasteiger charge is 2.17. The van der Waals surface area contributed by atoms with Crippen LogP contribution in [0.5, 0.6) is 5.75 Å². The highest BCUT2D eigenvalue weighted by molar-refractivity contribution is 7.18. The Labute approximate surface area is 134 Å². The normalized spacial score (nSPS) is 9.96. The van der Waals surface area contributed by atoms with Crippen molar-refractivity contribution in [2.45, 2.75) is 0 Å². The Morgan fingerprint density at radius 1 is 1.39 bits per heavy atom. The van der Waals surface area contributed by atoms with Crippen LogP contribution >= 0.6 is 11.3 Å². The number of amides is 1. The molecular weight excluding hydrogens is 326 g/mol.